The molecule has 0 spiro atoms. The van der Waals surface area contributed by atoms with Crippen molar-refractivity contribution in [3.8, 4) is 0 Å². The van der Waals surface area contributed by atoms with Gasteiger partial charge in [0.1, 0.15) is 5.69 Å². The summed E-state index contributed by atoms with van der Waals surface area (Å²) in [6.07, 6.45) is -7.52. The van der Waals surface area contributed by atoms with Crippen LogP contribution >= 0.6 is 0 Å². The van der Waals surface area contributed by atoms with E-state index in [9.17, 15) is 26.7 Å². The highest BCUT2D eigenvalue weighted by molar-refractivity contribution is 5.78. The summed E-state index contributed by atoms with van der Waals surface area (Å²) in [5, 5.41) is 0. The van der Waals surface area contributed by atoms with Crippen molar-refractivity contribution in [2.24, 2.45) is 0 Å². The van der Waals surface area contributed by atoms with E-state index in [1.165, 1.54) is 0 Å². The number of hydrogen-bond donors (Lipinski definition) is 0. The highest BCUT2D eigenvalue weighted by Crippen LogP contribution is 2.36. The van der Waals surface area contributed by atoms with Gasteiger partial charge in [-0.2, -0.15) is 13.2 Å². The van der Waals surface area contributed by atoms with Crippen molar-refractivity contribution in [2.75, 3.05) is 0 Å². The fraction of sp³-hybridized carbons (Fsp3) is 0.333. The maximum Gasteiger partial charge on any atom is 0.417 e. The van der Waals surface area contributed by atoms with E-state index in [0.29, 0.717) is 6.20 Å². The molecule has 0 unspecified atom stereocenters. The molecular weight excluding hydrogens is 233 g/mol. The molecule has 1 heterocycles. The van der Waals surface area contributed by atoms with E-state index in [1.807, 2.05) is 0 Å². The Bertz CT molecular complexity index is 413. The second-order valence-corrected chi connectivity index (χ2v) is 3.02. The topological polar surface area (TPSA) is 30.0 Å². The Hall–Kier alpha value is -1.53. The Morgan fingerprint density at radius 3 is 2.31 bits per heavy atom. The highest BCUT2D eigenvalue weighted by Gasteiger charge is 2.37. The maximum atomic E-state index is 12.5. The van der Waals surface area contributed by atoms with Crippen molar-refractivity contribution in [3.63, 3.8) is 0 Å². The number of aldehydes is 1. The molecule has 88 valence electrons. The van der Waals surface area contributed by atoms with Crippen LogP contribution in [0, 0.1) is 6.92 Å². The summed E-state index contributed by atoms with van der Waals surface area (Å²) in [5.41, 5.74) is -3.77. The Morgan fingerprint density at radius 1 is 1.38 bits per heavy atom. The first-order valence-electron chi connectivity index (χ1n) is 4.09. The molecule has 0 saturated carbocycles. The number of halogens is 5. The van der Waals surface area contributed by atoms with Crippen LogP contribution in [-0.2, 0) is 6.18 Å². The van der Waals surface area contributed by atoms with E-state index in [-0.39, 0.29) is 6.29 Å². The summed E-state index contributed by atoms with van der Waals surface area (Å²) >= 11 is 0. The molecule has 0 N–H and O–H groups in total. The smallest absolute Gasteiger partial charge is 0.298 e. The molecule has 0 atom stereocenters. The zero-order chi connectivity index (χ0) is 12.5. The zero-order valence-electron chi connectivity index (χ0n) is 7.98. The number of pyridine rings is 1. The minimum absolute atomic E-state index is 0.0575. The summed E-state index contributed by atoms with van der Waals surface area (Å²) in [4.78, 5) is 13.5. The monoisotopic (exact) mass is 239 g/mol. The normalized spacial score (nSPS) is 11.9. The van der Waals surface area contributed by atoms with Crippen LogP contribution in [0.2, 0.25) is 0 Å². The van der Waals surface area contributed by atoms with Crippen molar-refractivity contribution >= 4 is 6.29 Å². The van der Waals surface area contributed by atoms with Gasteiger partial charge < -0.3 is 0 Å². The van der Waals surface area contributed by atoms with Crippen LogP contribution in [-0.4, -0.2) is 11.3 Å². The predicted molar refractivity (Wildman–Crippen MR) is 44.3 cm³/mol. The molecule has 0 saturated heterocycles. The average molecular weight is 239 g/mol. The Morgan fingerprint density at radius 2 is 1.94 bits per heavy atom. The van der Waals surface area contributed by atoms with E-state index in [0.717, 1.165) is 6.92 Å². The first kappa shape index (κ1) is 12.5. The molecule has 1 aromatic heterocycles. The van der Waals surface area contributed by atoms with Crippen molar-refractivity contribution in [1.82, 2.24) is 4.98 Å². The molecule has 1 aromatic rings. The van der Waals surface area contributed by atoms with Gasteiger partial charge in [0.25, 0.3) is 6.43 Å². The summed E-state index contributed by atoms with van der Waals surface area (Å²) in [5.74, 6) is 0. The van der Waals surface area contributed by atoms with Crippen molar-refractivity contribution < 1.29 is 26.7 Å². The van der Waals surface area contributed by atoms with Crippen LogP contribution in [0.15, 0.2) is 6.20 Å². The van der Waals surface area contributed by atoms with Gasteiger partial charge in [0.05, 0.1) is 5.56 Å². The SMILES string of the molecule is Cc1c(C(F)F)ncc(C=O)c1C(F)(F)F. The number of aromatic nitrogens is 1. The first-order valence-corrected chi connectivity index (χ1v) is 4.09. The molecule has 1 rings (SSSR count). The van der Waals surface area contributed by atoms with Gasteiger partial charge in [-0.25, -0.2) is 8.78 Å². The third-order valence-electron chi connectivity index (χ3n) is 2.01. The fourth-order valence-corrected chi connectivity index (χ4v) is 1.33. The molecule has 0 fully saturated rings. The number of carbonyl (C=O) groups excluding carboxylic acids is 1. The number of nitrogens with zero attached hydrogens (tertiary/aromatic N) is 1. The lowest BCUT2D eigenvalue weighted by atomic mass is 10.0. The second kappa shape index (κ2) is 4.15. The lowest BCUT2D eigenvalue weighted by Crippen LogP contribution is -2.14. The third-order valence-corrected chi connectivity index (χ3v) is 2.01. The predicted octanol–water partition coefficient (Wildman–Crippen LogP) is 3.16. The van der Waals surface area contributed by atoms with Crippen molar-refractivity contribution in [3.05, 3.63) is 28.6 Å². The second-order valence-electron chi connectivity index (χ2n) is 3.02. The summed E-state index contributed by atoms with van der Waals surface area (Å²) < 4.78 is 62.2. The first-order chi connectivity index (χ1) is 7.29. The Balaban J connectivity index is 3.53. The fourth-order valence-electron chi connectivity index (χ4n) is 1.33. The van der Waals surface area contributed by atoms with Gasteiger partial charge in [-0.3, -0.25) is 9.78 Å². The van der Waals surface area contributed by atoms with Crippen LogP contribution in [0.3, 0.4) is 0 Å². The van der Waals surface area contributed by atoms with Gasteiger partial charge >= 0.3 is 6.18 Å². The molecule has 0 aliphatic heterocycles. The molecule has 0 bridgehead atoms. The lowest BCUT2D eigenvalue weighted by molar-refractivity contribution is -0.138. The molecule has 0 aliphatic rings. The molecule has 0 radical (unpaired) electrons. The van der Waals surface area contributed by atoms with Crippen molar-refractivity contribution in [2.45, 2.75) is 19.5 Å². The standard InChI is InChI=1S/C9H6F5NO/c1-4-6(9(12,13)14)5(3-16)2-15-7(4)8(10)11/h2-3,8H,1H3. The lowest BCUT2D eigenvalue weighted by Gasteiger charge is -2.14. The van der Waals surface area contributed by atoms with Crippen LogP contribution < -0.4 is 0 Å². The summed E-state index contributed by atoms with van der Waals surface area (Å²) in [7, 11) is 0. The largest absolute Gasteiger partial charge is 0.417 e. The van der Waals surface area contributed by atoms with E-state index < -0.39 is 35.0 Å². The van der Waals surface area contributed by atoms with Crippen LogP contribution in [0.4, 0.5) is 22.0 Å². The quantitative estimate of drug-likeness (QED) is 0.586. The van der Waals surface area contributed by atoms with E-state index >= 15 is 0 Å². The number of hydrogen-bond acceptors (Lipinski definition) is 2. The molecule has 0 aliphatic carbocycles. The molecule has 2 nitrogen and oxygen atoms in total. The molecule has 7 heteroatoms. The minimum Gasteiger partial charge on any atom is -0.298 e. The maximum absolute atomic E-state index is 12.5. The van der Waals surface area contributed by atoms with Gasteiger partial charge in [0.15, 0.2) is 6.29 Å². The third kappa shape index (κ3) is 2.17. The number of carbonyl (C=O) groups is 1. The van der Waals surface area contributed by atoms with Gasteiger partial charge in [-0.05, 0) is 12.5 Å². The van der Waals surface area contributed by atoms with Gasteiger partial charge in [0.2, 0.25) is 0 Å². The van der Waals surface area contributed by atoms with Gasteiger partial charge in [0, 0.05) is 11.8 Å². The van der Waals surface area contributed by atoms with E-state index in [2.05, 4.69) is 4.98 Å². The minimum atomic E-state index is -4.85. The zero-order valence-corrected chi connectivity index (χ0v) is 7.98. The van der Waals surface area contributed by atoms with E-state index in [4.69, 9.17) is 0 Å². The van der Waals surface area contributed by atoms with Crippen LogP contribution in [0.25, 0.3) is 0 Å². The average Bonchev–Trinajstić information content (AvgIpc) is 2.14. The summed E-state index contributed by atoms with van der Waals surface area (Å²) in [6, 6.07) is 0. The molecule has 0 aromatic carbocycles. The van der Waals surface area contributed by atoms with Crippen molar-refractivity contribution in [1.29, 1.82) is 0 Å². The highest BCUT2D eigenvalue weighted by atomic mass is 19.4. The van der Waals surface area contributed by atoms with E-state index in [1.54, 1.807) is 0 Å². The molecule has 16 heavy (non-hydrogen) atoms. The Labute approximate surface area is 87.1 Å². The summed E-state index contributed by atoms with van der Waals surface area (Å²) in [6.45, 7) is 0.865. The number of rotatable bonds is 2. The number of alkyl halides is 5. The molecular formula is C9H6F5NO. The Kier molecular flexibility index (Phi) is 3.25. The molecule has 0 amide bonds. The van der Waals surface area contributed by atoms with Crippen LogP contribution in [0.1, 0.15) is 33.6 Å². The van der Waals surface area contributed by atoms with Gasteiger partial charge in [-0.1, -0.05) is 0 Å². The van der Waals surface area contributed by atoms with Crippen LogP contribution in [0.5, 0.6) is 0 Å². The van der Waals surface area contributed by atoms with Gasteiger partial charge in [-0.15, -0.1) is 0 Å².